The van der Waals surface area contributed by atoms with Crippen LogP contribution in [-0.2, 0) is 7.05 Å². The van der Waals surface area contributed by atoms with Gasteiger partial charge in [-0.2, -0.15) is 5.10 Å². The molecule has 0 aliphatic rings. The molecule has 0 aliphatic heterocycles. The predicted molar refractivity (Wildman–Crippen MR) is 109 cm³/mol. The maximum Gasteiger partial charge on any atom is 0.158 e. The van der Waals surface area contributed by atoms with E-state index >= 15 is 0 Å². The third kappa shape index (κ3) is 2.91. The van der Waals surface area contributed by atoms with Crippen LogP contribution in [0.25, 0.3) is 16.6 Å². The minimum atomic E-state index is 0.489. The highest BCUT2D eigenvalue weighted by atomic mass is 35.5. The molecule has 0 unspecified atom stereocenters. The second-order valence-electron chi connectivity index (χ2n) is 6.32. The third-order valence-corrected chi connectivity index (χ3v) is 4.75. The van der Waals surface area contributed by atoms with Gasteiger partial charge in [-0.1, -0.05) is 11.6 Å². The lowest BCUT2D eigenvalue weighted by Crippen LogP contribution is -1.98. The van der Waals surface area contributed by atoms with E-state index in [4.69, 9.17) is 16.3 Å². The largest absolute Gasteiger partial charge is 0.454 e. The molecule has 1 N–H and O–H groups in total. The molecule has 4 aromatic heterocycles. The average Bonchev–Trinajstić information content (AvgIpc) is 3.31. The zero-order valence-corrected chi connectivity index (χ0v) is 15.6. The molecular formula is C20H15ClN6O. The van der Waals surface area contributed by atoms with E-state index in [-0.39, 0.29) is 0 Å². The van der Waals surface area contributed by atoms with E-state index in [0.717, 1.165) is 22.2 Å². The summed E-state index contributed by atoms with van der Waals surface area (Å²) in [5, 5.41) is 8.00. The van der Waals surface area contributed by atoms with Crippen LogP contribution in [0.3, 0.4) is 0 Å². The van der Waals surface area contributed by atoms with Gasteiger partial charge in [0.05, 0.1) is 22.3 Å². The predicted octanol–water partition coefficient (Wildman–Crippen LogP) is 4.81. The van der Waals surface area contributed by atoms with Crippen LogP contribution < -0.4 is 10.1 Å². The van der Waals surface area contributed by atoms with E-state index in [0.29, 0.717) is 22.3 Å². The van der Waals surface area contributed by atoms with Crippen molar-refractivity contribution in [3.63, 3.8) is 0 Å². The molecule has 5 rings (SSSR count). The minimum Gasteiger partial charge on any atom is -0.454 e. The molecule has 0 aliphatic carbocycles. The van der Waals surface area contributed by atoms with Gasteiger partial charge in [0.15, 0.2) is 5.82 Å². The van der Waals surface area contributed by atoms with Crippen molar-refractivity contribution in [2.75, 3.05) is 5.32 Å². The number of benzene rings is 1. The SMILES string of the molecule is Cn1ccc2ncnc(Nc3ccc(Oc4ccc5ccnn5c4)c(Cl)c3)c21. The Labute approximate surface area is 165 Å². The van der Waals surface area contributed by atoms with E-state index in [1.165, 1.54) is 6.33 Å². The van der Waals surface area contributed by atoms with Crippen LogP contribution in [0, 0.1) is 0 Å². The molecule has 0 spiro atoms. The number of fused-ring (bicyclic) bond motifs is 2. The lowest BCUT2D eigenvalue weighted by atomic mass is 10.3. The standard InChI is InChI=1S/C20H15ClN6O/c1-26-9-7-17-19(26)20(23-12-22-17)25-13-2-5-18(16(21)10-13)28-15-4-3-14-6-8-24-27(14)11-15/h2-12H,1H3,(H,22,23,25). The Kier molecular flexibility index (Phi) is 3.87. The first-order valence-electron chi connectivity index (χ1n) is 8.61. The van der Waals surface area contributed by atoms with Gasteiger partial charge < -0.3 is 14.6 Å². The van der Waals surface area contributed by atoms with Gasteiger partial charge in [-0.3, -0.25) is 0 Å². The van der Waals surface area contributed by atoms with E-state index in [2.05, 4.69) is 20.4 Å². The first-order valence-corrected chi connectivity index (χ1v) is 8.99. The van der Waals surface area contributed by atoms with Crippen molar-refractivity contribution in [2.24, 2.45) is 7.05 Å². The highest BCUT2D eigenvalue weighted by Crippen LogP contribution is 2.33. The van der Waals surface area contributed by atoms with Crippen LogP contribution in [0.1, 0.15) is 0 Å². The van der Waals surface area contributed by atoms with E-state index in [1.807, 2.05) is 60.4 Å². The first kappa shape index (κ1) is 16.6. The van der Waals surface area contributed by atoms with Crippen molar-refractivity contribution >= 4 is 39.7 Å². The Hall–Kier alpha value is -3.58. The number of halogens is 1. The molecule has 0 amide bonds. The Morgan fingerprint density at radius 3 is 2.89 bits per heavy atom. The second-order valence-corrected chi connectivity index (χ2v) is 6.73. The van der Waals surface area contributed by atoms with E-state index in [1.54, 1.807) is 16.8 Å². The number of aromatic nitrogens is 5. The van der Waals surface area contributed by atoms with Crippen molar-refractivity contribution in [3.8, 4) is 11.5 Å². The first-order chi connectivity index (χ1) is 13.7. The minimum absolute atomic E-state index is 0.489. The normalized spacial score (nSPS) is 11.2. The number of ether oxygens (including phenoxy) is 1. The Bertz CT molecular complexity index is 1310. The molecule has 0 atom stereocenters. The molecule has 28 heavy (non-hydrogen) atoms. The van der Waals surface area contributed by atoms with Gasteiger partial charge in [0.2, 0.25) is 0 Å². The maximum atomic E-state index is 6.45. The summed E-state index contributed by atoms with van der Waals surface area (Å²) in [6.45, 7) is 0. The van der Waals surface area contributed by atoms with Crippen molar-refractivity contribution in [1.29, 1.82) is 0 Å². The quantitative estimate of drug-likeness (QED) is 0.477. The zero-order chi connectivity index (χ0) is 19.1. The number of anilines is 2. The lowest BCUT2D eigenvalue weighted by Gasteiger charge is -2.11. The van der Waals surface area contributed by atoms with Crippen molar-refractivity contribution in [1.82, 2.24) is 24.1 Å². The lowest BCUT2D eigenvalue weighted by molar-refractivity contribution is 0.479. The molecule has 0 radical (unpaired) electrons. The van der Waals surface area contributed by atoms with Gasteiger partial charge in [-0.05, 0) is 42.5 Å². The average molecular weight is 391 g/mol. The fourth-order valence-corrected chi connectivity index (χ4v) is 3.31. The summed E-state index contributed by atoms with van der Waals surface area (Å²) in [5.74, 6) is 1.93. The van der Waals surface area contributed by atoms with Gasteiger partial charge >= 0.3 is 0 Å². The fourth-order valence-electron chi connectivity index (χ4n) is 3.09. The molecule has 1 aromatic carbocycles. The fraction of sp³-hybridized carbons (Fsp3) is 0.0500. The monoisotopic (exact) mass is 390 g/mol. The van der Waals surface area contributed by atoms with E-state index in [9.17, 15) is 0 Å². The second kappa shape index (κ2) is 6.54. The maximum absolute atomic E-state index is 6.45. The van der Waals surface area contributed by atoms with Crippen molar-refractivity contribution in [3.05, 3.63) is 72.4 Å². The number of hydrogen-bond acceptors (Lipinski definition) is 5. The molecule has 0 saturated carbocycles. The summed E-state index contributed by atoms with van der Waals surface area (Å²) in [4.78, 5) is 8.63. The van der Waals surface area contributed by atoms with Gasteiger partial charge in [-0.15, -0.1) is 0 Å². The van der Waals surface area contributed by atoms with Crippen LogP contribution in [0.5, 0.6) is 11.5 Å². The van der Waals surface area contributed by atoms with Crippen LogP contribution >= 0.6 is 11.6 Å². The number of nitrogens with one attached hydrogen (secondary N) is 1. The Balaban J connectivity index is 1.42. The van der Waals surface area contributed by atoms with Crippen LogP contribution in [0.15, 0.2) is 67.4 Å². The van der Waals surface area contributed by atoms with Gasteiger partial charge in [-0.25, -0.2) is 14.5 Å². The van der Waals surface area contributed by atoms with Crippen LogP contribution in [-0.4, -0.2) is 24.1 Å². The smallest absolute Gasteiger partial charge is 0.158 e. The number of aryl methyl sites for hydroxylation is 1. The van der Waals surface area contributed by atoms with E-state index < -0.39 is 0 Å². The number of nitrogens with zero attached hydrogens (tertiary/aromatic N) is 5. The topological polar surface area (TPSA) is 69.3 Å². The zero-order valence-electron chi connectivity index (χ0n) is 14.9. The van der Waals surface area contributed by atoms with Crippen LogP contribution in [0.4, 0.5) is 11.5 Å². The summed E-state index contributed by atoms with van der Waals surface area (Å²) < 4.78 is 9.64. The number of pyridine rings is 1. The summed E-state index contributed by atoms with van der Waals surface area (Å²) in [6, 6.07) is 13.2. The molecule has 8 heteroatoms. The van der Waals surface area contributed by atoms with Crippen molar-refractivity contribution < 1.29 is 4.74 Å². The van der Waals surface area contributed by atoms with Gasteiger partial charge in [0.1, 0.15) is 23.3 Å². The molecule has 0 bridgehead atoms. The number of hydrogen-bond donors (Lipinski definition) is 1. The van der Waals surface area contributed by atoms with Crippen LogP contribution in [0.2, 0.25) is 5.02 Å². The van der Waals surface area contributed by atoms with Gasteiger partial charge in [0, 0.05) is 25.1 Å². The van der Waals surface area contributed by atoms with Crippen molar-refractivity contribution in [2.45, 2.75) is 0 Å². The summed E-state index contributed by atoms with van der Waals surface area (Å²) >= 11 is 6.45. The molecule has 4 heterocycles. The molecule has 0 fully saturated rings. The summed E-state index contributed by atoms with van der Waals surface area (Å²) in [7, 11) is 1.96. The molecule has 138 valence electrons. The summed E-state index contributed by atoms with van der Waals surface area (Å²) in [5.41, 5.74) is 3.60. The highest BCUT2D eigenvalue weighted by molar-refractivity contribution is 6.32. The Morgan fingerprint density at radius 2 is 2.00 bits per heavy atom. The Morgan fingerprint density at radius 1 is 1.07 bits per heavy atom. The van der Waals surface area contributed by atoms with Gasteiger partial charge in [0.25, 0.3) is 0 Å². The highest BCUT2D eigenvalue weighted by Gasteiger charge is 2.10. The molecule has 7 nitrogen and oxygen atoms in total. The summed E-state index contributed by atoms with van der Waals surface area (Å²) in [6.07, 6.45) is 7.04. The third-order valence-electron chi connectivity index (χ3n) is 4.45. The molecular weight excluding hydrogens is 376 g/mol. The molecule has 0 saturated heterocycles. The number of rotatable bonds is 4. The molecule has 5 aromatic rings.